The molecule has 0 radical (unpaired) electrons. The molecule has 0 saturated heterocycles. The van der Waals surface area contributed by atoms with E-state index in [9.17, 15) is 22.6 Å². The van der Waals surface area contributed by atoms with Crippen LogP contribution in [0.1, 0.15) is 25.7 Å². The second-order valence-electron chi connectivity index (χ2n) is 8.74. The average molecular weight is 579 g/mol. The van der Waals surface area contributed by atoms with Gasteiger partial charge in [0.05, 0.1) is 40.5 Å². The Balaban J connectivity index is 0.00000361. The van der Waals surface area contributed by atoms with Crippen LogP contribution in [0.25, 0.3) is 0 Å². The second-order valence-corrected chi connectivity index (χ2v) is 10.7. The number of nitrogens with zero attached hydrogens (tertiary/aromatic N) is 1. The van der Waals surface area contributed by atoms with Gasteiger partial charge in [-0.15, -0.1) is 0 Å². The third-order valence-corrected chi connectivity index (χ3v) is 6.91. The molecule has 10 nitrogen and oxygen atoms in total. The number of carbonyl (C=O) groups is 2. The van der Waals surface area contributed by atoms with E-state index in [0.717, 1.165) is 25.7 Å². The van der Waals surface area contributed by atoms with E-state index in [-0.39, 0.29) is 54.1 Å². The maximum absolute atomic E-state index is 13.0. The molecular weight excluding hydrogens is 547 g/mol. The number of halogens is 1. The monoisotopic (exact) mass is 578 g/mol. The van der Waals surface area contributed by atoms with E-state index < -0.39 is 27.9 Å². The number of benzene rings is 2. The molecule has 1 saturated carbocycles. The van der Waals surface area contributed by atoms with Crippen LogP contribution in [0.15, 0.2) is 54.6 Å². The van der Waals surface area contributed by atoms with Crippen molar-refractivity contribution in [2.24, 2.45) is 11.8 Å². The molecular formula is C25H32ClN2NaO8S. The third-order valence-electron chi connectivity index (χ3n) is 5.95. The first-order valence-electron chi connectivity index (χ1n) is 11.8. The molecule has 2 aromatic rings. The van der Waals surface area contributed by atoms with Crippen LogP contribution in [0.5, 0.6) is 0 Å². The summed E-state index contributed by atoms with van der Waals surface area (Å²) in [7, 11) is -4.35. The first-order chi connectivity index (χ1) is 17.2. The summed E-state index contributed by atoms with van der Waals surface area (Å²) in [4.78, 5) is 26.2. The second kappa shape index (κ2) is 17.1. The number of rotatable bonds is 11. The molecule has 1 fully saturated rings. The fourth-order valence-electron chi connectivity index (χ4n) is 4.03. The van der Waals surface area contributed by atoms with Gasteiger partial charge in [-0.1, -0.05) is 29.8 Å². The zero-order valence-corrected chi connectivity index (χ0v) is 24.9. The van der Waals surface area contributed by atoms with Gasteiger partial charge in [0.2, 0.25) is 5.91 Å². The van der Waals surface area contributed by atoms with E-state index in [1.165, 1.54) is 4.90 Å². The van der Waals surface area contributed by atoms with Crippen LogP contribution in [0, 0.1) is 11.8 Å². The van der Waals surface area contributed by atoms with E-state index in [0.29, 0.717) is 35.5 Å². The van der Waals surface area contributed by atoms with Gasteiger partial charge in [-0.3, -0.25) is 4.79 Å². The third kappa shape index (κ3) is 12.0. The molecule has 0 spiro atoms. The molecule has 204 valence electrons. The van der Waals surface area contributed by atoms with E-state index in [1.54, 1.807) is 24.3 Å². The van der Waals surface area contributed by atoms with Crippen LogP contribution in [0.2, 0.25) is 5.02 Å². The van der Waals surface area contributed by atoms with Crippen molar-refractivity contribution in [3.05, 3.63) is 59.6 Å². The van der Waals surface area contributed by atoms with Crippen molar-refractivity contribution in [1.82, 2.24) is 5.32 Å². The number of hydrogen-bond acceptors (Lipinski definition) is 7. The first kappa shape index (κ1) is 34.3. The van der Waals surface area contributed by atoms with Gasteiger partial charge in [-0.2, -0.15) is 0 Å². The standard InChI is InChI=1S/C25H31ClN2O7S.Na.H2O/c26-21-10-12-23(13-11-21)28(22-4-2-1-3-5-22)25(30)35-17-20-8-6-19(7-9-20)16-34-18-24(29)27-14-15-36(31,32)33;;/h1-5,10-13,19-20H,6-9,14-18H2,(H,27,29)(H,31,32,33);;1H2/q;+1;/p-1. The Labute approximate surface area is 250 Å². The van der Waals surface area contributed by atoms with Crippen LogP contribution < -0.4 is 39.8 Å². The normalized spacial score (nSPS) is 16.9. The van der Waals surface area contributed by atoms with Crippen molar-refractivity contribution in [3.8, 4) is 0 Å². The van der Waals surface area contributed by atoms with E-state index in [4.69, 9.17) is 21.1 Å². The molecule has 2 aromatic carbocycles. The maximum Gasteiger partial charge on any atom is 1.00 e. The first-order valence-corrected chi connectivity index (χ1v) is 13.7. The van der Waals surface area contributed by atoms with Gasteiger partial charge in [0, 0.05) is 11.6 Å². The summed E-state index contributed by atoms with van der Waals surface area (Å²) in [5, 5.41) is 2.92. The van der Waals surface area contributed by atoms with Crippen LogP contribution in [0.4, 0.5) is 16.2 Å². The number of nitrogens with one attached hydrogen (secondary N) is 1. The van der Waals surface area contributed by atoms with Crippen molar-refractivity contribution >= 4 is 45.1 Å². The van der Waals surface area contributed by atoms with Crippen molar-refractivity contribution in [2.45, 2.75) is 25.7 Å². The molecule has 0 unspecified atom stereocenters. The molecule has 3 rings (SSSR count). The topological polar surface area (TPSA) is 157 Å². The quantitative estimate of drug-likeness (QED) is 0.296. The summed E-state index contributed by atoms with van der Waals surface area (Å²) >= 11 is 6.00. The Morgan fingerprint density at radius 3 is 2.08 bits per heavy atom. The number of carbonyl (C=O) groups excluding carboxylic acids is 2. The number of amides is 2. The summed E-state index contributed by atoms with van der Waals surface area (Å²) < 4.78 is 42.8. The van der Waals surface area contributed by atoms with Crippen molar-refractivity contribution in [3.63, 3.8) is 0 Å². The number of anilines is 2. The molecule has 0 atom stereocenters. The molecule has 13 heteroatoms. The van der Waals surface area contributed by atoms with E-state index in [1.807, 2.05) is 30.3 Å². The SMILES string of the molecule is O.O=C(COCC1CCC(COC(=O)N(c2ccccc2)c2ccc(Cl)cc2)CC1)NCCS(=O)(=O)[O-].[Na+]. The largest absolute Gasteiger partial charge is 1.00 e. The molecule has 38 heavy (non-hydrogen) atoms. The van der Waals surface area contributed by atoms with Gasteiger partial charge in [-0.05, 0) is 73.9 Å². The van der Waals surface area contributed by atoms with Gasteiger partial charge in [0.1, 0.15) is 6.61 Å². The van der Waals surface area contributed by atoms with Gasteiger partial charge in [0.25, 0.3) is 0 Å². The van der Waals surface area contributed by atoms with Gasteiger partial charge in [0.15, 0.2) is 0 Å². The summed E-state index contributed by atoms with van der Waals surface area (Å²) in [5.41, 5.74) is 1.36. The Morgan fingerprint density at radius 2 is 1.50 bits per heavy atom. The minimum absolute atomic E-state index is 0. The van der Waals surface area contributed by atoms with Crippen molar-refractivity contribution in [1.29, 1.82) is 0 Å². The van der Waals surface area contributed by atoms with Gasteiger partial charge in [-0.25, -0.2) is 18.1 Å². The zero-order valence-electron chi connectivity index (χ0n) is 21.3. The minimum Gasteiger partial charge on any atom is -0.748 e. The molecule has 1 aliphatic carbocycles. The maximum atomic E-state index is 13.0. The van der Waals surface area contributed by atoms with Gasteiger partial charge >= 0.3 is 35.7 Å². The van der Waals surface area contributed by atoms with E-state index in [2.05, 4.69) is 5.32 Å². The predicted molar refractivity (Wildman–Crippen MR) is 139 cm³/mol. The number of para-hydroxylation sites is 1. The summed E-state index contributed by atoms with van der Waals surface area (Å²) in [6.07, 6.45) is 3.07. The molecule has 0 bridgehead atoms. The smallest absolute Gasteiger partial charge is 0.748 e. The number of ether oxygens (including phenoxy) is 2. The molecule has 3 N–H and O–H groups in total. The zero-order chi connectivity index (χ0) is 26.0. The van der Waals surface area contributed by atoms with Crippen molar-refractivity contribution < 1.29 is 67.1 Å². The van der Waals surface area contributed by atoms with Crippen molar-refractivity contribution in [2.75, 3.05) is 37.0 Å². The fraction of sp³-hybridized carbons (Fsp3) is 0.440. The summed E-state index contributed by atoms with van der Waals surface area (Å²) in [6.45, 7) is 0.320. The molecule has 0 heterocycles. The average Bonchev–Trinajstić information content (AvgIpc) is 2.85. The Morgan fingerprint density at radius 1 is 0.947 bits per heavy atom. The summed E-state index contributed by atoms with van der Waals surface area (Å²) in [6, 6.07) is 16.3. The molecule has 1 aliphatic rings. The van der Waals surface area contributed by atoms with Gasteiger partial charge < -0.3 is 24.8 Å². The summed E-state index contributed by atoms with van der Waals surface area (Å²) in [5.74, 6) is -0.564. The fourth-order valence-corrected chi connectivity index (χ4v) is 4.51. The molecule has 0 aromatic heterocycles. The van der Waals surface area contributed by atoms with Crippen LogP contribution in [-0.4, -0.2) is 62.6 Å². The predicted octanol–water partition coefficient (Wildman–Crippen LogP) is 0.278. The molecule has 2 amide bonds. The van der Waals surface area contributed by atoms with Crippen LogP contribution >= 0.6 is 11.6 Å². The molecule has 0 aliphatic heterocycles. The Kier molecular flexibility index (Phi) is 15.4. The Bertz CT molecular complexity index is 1100. The van der Waals surface area contributed by atoms with Crippen LogP contribution in [0.3, 0.4) is 0 Å². The minimum atomic E-state index is -4.35. The number of hydrogen-bond donors (Lipinski definition) is 1. The van der Waals surface area contributed by atoms with Crippen LogP contribution in [-0.2, 0) is 24.4 Å². The van der Waals surface area contributed by atoms with E-state index >= 15 is 0 Å². The Hall–Kier alpha value is -1.70.